The van der Waals surface area contributed by atoms with Crippen LogP contribution in [0.25, 0.3) is 11.0 Å². The Bertz CT molecular complexity index is 1410. The Morgan fingerprint density at radius 2 is 1.78 bits per heavy atom. The molecule has 0 aliphatic carbocycles. The zero-order valence-corrected chi connectivity index (χ0v) is 20.5. The predicted molar refractivity (Wildman–Crippen MR) is 137 cm³/mol. The van der Waals surface area contributed by atoms with E-state index in [2.05, 4.69) is 4.57 Å². The van der Waals surface area contributed by atoms with E-state index in [9.17, 15) is 18.0 Å². The minimum absolute atomic E-state index is 0.199. The summed E-state index contributed by atoms with van der Waals surface area (Å²) in [5.74, 6) is 1.27. The number of ether oxygens (including phenoxy) is 1. The number of hydrogen-bond acceptors (Lipinski definition) is 3. The maximum absolute atomic E-state index is 13.2. The van der Waals surface area contributed by atoms with Crippen molar-refractivity contribution in [3.8, 4) is 5.75 Å². The quantitative estimate of drug-likeness (QED) is 0.248. The average Bonchev–Trinajstić information content (AvgIpc) is 3.45. The molecule has 0 spiro atoms. The number of amides is 1. The van der Waals surface area contributed by atoms with E-state index in [0.717, 1.165) is 53.1 Å². The molecule has 1 aliphatic rings. The zero-order chi connectivity index (χ0) is 26.0. The fraction of sp³-hybridized carbons (Fsp3) is 0.310. The Hall–Kier alpha value is -3.81. The van der Waals surface area contributed by atoms with E-state index in [-0.39, 0.29) is 23.9 Å². The maximum Gasteiger partial charge on any atom is 0.416 e. The van der Waals surface area contributed by atoms with Gasteiger partial charge in [-0.3, -0.25) is 4.79 Å². The Morgan fingerprint density at radius 3 is 2.59 bits per heavy atom. The number of benzene rings is 3. The van der Waals surface area contributed by atoms with Crippen LogP contribution < -0.4 is 9.64 Å². The second kappa shape index (κ2) is 10.3. The van der Waals surface area contributed by atoms with Crippen molar-refractivity contribution >= 4 is 22.6 Å². The molecular formula is C29H28F3N3O2. The molecule has 0 N–H and O–H groups in total. The van der Waals surface area contributed by atoms with Crippen LogP contribution in [0.4, 0.5) is 18.9 Å². The molecule has 1 fully saturated rings. The number of unbranched alkanes of at least 4 members (excludes halogenated alkanes) is 1. The summed E-state index contributed by atoms with van der Waals surface area (Å²) in [6.07, 6.45) is -2.55. The van der Waals surface area contributed by atoms with Crippen LogP contribution in [0.1, 0.15) is 42.1 Å². The number of alkyl halides is 3. The number of aromatic nitrogens is 2. The van der Waals surface area contributed by atoms with Gasteiger partial charge >= 0.3 is 6.18 Å². The summed E-state index contributed by atoms with van der Waals surface area (Å²) in [6, 6.07) is 20.7. The summed E-state index contributed by atoms with van der Waals surface area (Å²) >= 11 is 0. The molecule has 1 aliphatic heterocycles. The first-order chi connectivity index (χ1) is 17.8. The van der Waals surface area contributed by atoms with Gasteiger partial charge in [0.25, 0.3) is 0 Å². The van der Waals surface area contributed by atoms with E-state index >= 15 is 0 Å². The van der Waals surface area contributed by atoms with Gasteiger partial charge in [0.05, 0.1) is 23.2 Å². The average molecular weight is 508 g/mol. The number of carbonyl (C=O) groups is 1. The summed E-state index contributed by atoms with van der Waals surface area (Å²) in [6.45, 7) is 3.62. The van der Waals surface area contributed by atoms with Crippen molar-refractivity contribution in [2.75, 3.05) is 18.1 Å². The molecule has 1 amide bonds. The predicted octanol–water partition coefficient (Wildman–Crippen LogP) is 6.74. The van der Waals surface area contributed by atoms with Gasteiger partial charge in [0.15, 0.2) is 0 Å². The van der Waals surface area contributed by atoms with Crippen molar-refractivity contribution in [2.24, 2.45) is 0 Å². The van der Waals surface area contributed by atoms with Gasteiger partial charge in [0, 0.05) is 31.1 Å². The van der Waals surface area contributed by atoms with E-state index in [1.165, 1.54) is 11.0 Å². The van der Waals surface area contributed by atoms with Crippen molar-refractivity contribution in [3.05, 3.63) is 89.7 Å². The number of aryl methyl sites for hydroxylation is 2. The Balaban J connectivity index is 1.31. The second-order valence-electron chi connectivity index (χ2n) is 9.38. The molecule has 1 atom stereocenters. The number of anilines is 1. The van der Waals surface area contributed by atoms with Gasteiger partial charge in [0.2, 0.25) is 5.91 Å². The number of nitrogens with zero attached hydrogens (tertiary/aromatic N) is 3. The third kappa shape index (κ3) is 5.33. The Kier molecular flexibility index (Phi) is 6.91. The van der Waals surface area contributed by atoms with Gasteiger partial charge in [-0.1, -0.05) is 36.4 Å². The van der Waals surface area contributed by atoms with Crippen molar-refractivity contribution in [1.82, 2.24) is 9.55 Å². The normalized spacial score (nSPS) is 16.1. The number of fused-ring (bicyclic) bond motifs is 1. The van der Waals surface area contributed by atoms with Crippen LogP contribution in [0.3, 0.4) is 0 Å². The van der Waals surface area contributed by atoms with Crippen LogP contribution in [0.15, 0.2) is 72.8 Å². The third-order valence-electron chi connectivity index (χ3n) is 6.79. The van der Waals surface area contributed by atoms with Crippen molar-refractivity contribution < 1.29 is 22.7 Å². The molecule has 1 aromatic heterocycles. The summed E-state index contributed by atoms with van der Waals surface area (Å²) in [5, 5.41) is 0. The smallest absolute Gasteiger partial charge is 0.416 e. The molecule has 37 heavy (non-hydrogen) atoms. The van der Waals surface area contributed by atoms with Gasteiger partial charge < -0.3 is 14.2 Å². The zero-order valence-electron chi connectivity index (χ0n) is 20.5. The lowest BCUT2D eigenvalue weighted by Gasteiger charge is -2.19. The van der Waals surface area contributed by atoms with Crippen molar-refractivity contribution in [3.63, 3.8) is 0 Å². The molecule has 0 radical (unpaired) electrons. The minimum Gasteiger partial charge on any atom is -0.493 e. The van der Waals surface area contributed by atoms with Crippen LogP contribution in [0.2, 0.25) is 0 Å². The van der Waals surface area contributed by atoms with E-state index in [4.69, 9.17) is 9.72 Å². The first-order valence-corrected chi connectivity index (χ1v) is 12.4. The molecule has 0 bridgehead atoms. The molecule has 5 nitrogen and oxygen atoms in total. The number of rotatable bonds is 8. The summed E-state index contributed by atoms with van der Waals surface area (Å²) in [4.78, 5) is 19.2. The fourth-order valence-electron chi connectivity index (χ4n) is 4.89. The Labute approximate surface area is 213 Å². The number of halogens is 3. The summed E-state index contributed by atoms with van der Waals surface area (Å²) in [7, 11) is 0. The van der Waals surface area contributed by atoms with Gasteiger partial charge in [0.1, 0.15) is 11.6 Å². The van der Waals surface area contributed by atoms with Gasteiger partial charge in [-0.2, -0.15) is 13.2 Å². The van der Waals surface area contributed by atoms with Gasteiger partial charge in [-0.15, -0.1) is 0 Å². The first kappa shape index (κ1) is 24.9. The van der Waals surface area contributed by atoms with E-state index < -0.39 is 11.7 Å². The highest BCUT2D eigenvalue weighted by Gasteiger charge is 2.36. The standard InChI is InChI=1S/C29H28F3N3O2/c1-20-9-2-5-14-26(20)37-16-7-6-15-34-25-13-4-3-12-24(25)33-28(34)21-17-27(36)35(19-21)23-11-8-10-22(18-23)29(30,31)32/h2-5,8-14,18,21H,6-7,15-17,19H2,1H3/t21-/m1/s1. The summed E-state index contributed by atoms with van der Waals surface area (Å²) in [5.41, 5.74) is 2.43. The monoisotopic (exact) mass is 507 g/mol. The largest absolute Gasteiger partial charge is 0.493 e. The van der Waals surface area contributed by atoms with Crippen LogP contribution in [0.5, 0.6) is 5.75 Å². The SMILES string of the molecule is Cc1ccccc1OCCCCn1c([C@@H]2CC(=O)N(c3cccc(C(F)(F)F)c3)C2)nc2ccccc21. The molecule has 4 aromatic rings. The number of imidazole rings is 1. The molecule has 8 heteroatoms. The number of carbonyl (C=O) groups excluding carboxylic acids is 1. The fourth-order valence-corrected chi connectivity index (χ4v) is 4.89. The Morgan fingerprint density at radius 1 is 1.00 bits per heavy atom. The van der Waals surface area contributed by atoms with Gasteiger partial charge in [-0.05, 0) is 61.7 Å². The topological polar surface area (TPSA) is 47.4 Å². The first-order valence-electron chi connectivity index (χ1n) is 12.4. The van der Waals surface area contributed by atoms with Crippen LogP contribution in [0, 0.1) is 6.92 Å². The van der Waals surface area contributed by atoms with E-state index in [1.807, 2.05) is 55.5 Å². The minimum atomic E-state index is -4.46. The molecule has 5 rings (SSSR count). The molecule has 3 aromatic carbocycles. The lowest BCUT2D eigenvalue weighted by atomic mass is 10.1. The number of para-hydroxylation sites is 3. The molecule has 2 heterocycles. The molecular weight excluding hydrogens is 479 g/mol. The maximum atomic E-state index is 13.2. The van der Waals surface area contributed by atoms with E-state index in [0.29, 0.717) is 19.7 Å². The highest BCUT2D eigenvalue weighted by Crippen LogP contribution is 2.36. The lowest BCUT2D eigenvalue weighted by Crippen LogP contribution is -2.25. The second-order valence-corrected chi connectivity index (χ2v) is 9.38. The molecule has 1 saturated heterocycles. The lowest BCUT2D eigenvalue weighted by molar-refractivity contribution is -0.137. The highest BCUT2D eigenvalue weighted by molar-refractivity contribution is 5.96. The highest BCUT2D eigenvalue weighted by atomic mass is 19.4. The van der Waals surface area contributed by atoms with Crippen LogP contribution in [-0.4, -0.2) is 28.6 Å². The summed E-state index contributed by atoms with van der Waals surface area (Å²) < 4.78 is 47.8. The van der Waals surface area contributed by atoms with Crippen LogP contribution >= 0.6 is 0 Å². The molecule has 192 valence electrons. The van der Waals surface area contributed by atoms with E-state index in [1.54, 1.807) is 6.07 Å². The van der Waals surface area contributed by atoms with Crippen molar-refractivity contribution in [1.29, 1.82) is 0 Å². The van der Waals surface area contributed by atoms with Crippen molar-refractivity contribution in [2.45, 2.75) is 44.8 Å². The van der Waals surface area contributed by atoms with Gasteiger partial charge in [-0.25, -0.2) is 4.98 Å². The molecule has 0 unspecified atom stereocenters. The molecule has 0 saturated carbocycles. The number of hydrogen-bond donors (Lipinski definition) is 0. The van der Waals surface area contributed by atoms with Crippen LogP contribution in [-0.2, 0) is 17.5 Å². The third-order valence-corrected chi connectivity index (χ3v) is 6.79.